The molecule has 1 atom stereocenters. The maximum Gasteiger partial charge on any atom is 0.254 e. The van der Waals surface area contributed by atoms with Gasteiger partial charge in [0, 0.05) is 25.5 Å². The van der Waals surface area contributed by atoms with Crippen LogP contribution in [0.3, 0.4) is 0 Å². The first-order valence-corrected chi connectivity index (χ1v) is 7.63. The summed E-state index contributed by atoms with van der Waals surface area (Å²) in [6.45, 7) is 1.62. The van der Waals surface area contributed by atoms with Gasteiger partial charge in [-0.2, -0.15) is 0 Å². The monoisotopic (exact) mass is 335 g/mol. The number of carbonyl (C=O) groups is 1. The first-order valence-electron chi connectivity index (χ1n) is 6.50. The molecule has 0 spiro atoms. The molecule has 1 N–H and O–H groups in total. The van der Waals surface area contributed by atoms with Crippen LogP contribution in [0.2, 0.25) is 0 Å². The summed E-state index contributed by atoms with van der Waals surface area (Å²) in [4.78, 5) is 18.1. The maximum absolute atomic E-state index is 12.2. The van der Waals surface area contributed by atoms with E-state index >= 15 is 0 Å². The van der Waals surface area contributed by atoms with Crippen LogP contribution in [0.25, 0.3) is 0 Å². The first-order chi connectivity index (χ1) is 9.48. The molecule has 0 saturated carbocycles. The van der Waals surface area contributed by atoms with Crippen molar-refractivity contribution in [3.63, 3.8) is 0 Å². The van der Waals surface area contributed by atoms with Crippen LogP contribution in [0, 0.1) is 0 Å². The average Bonchev–Trinajstić information content (AvgIpc) is 2.45. The molecule has 1 aliphatic heterocycles. The van der Waals surface area contributed by atoms with E-state index in [0.717, 1.165) is 25.9 Å². The summed E-state index contributed by atoms with van der Waals surface area (Å²) in [7, 11) is 0. The van der Waals surface area contributed by atoms with E-state index in [-0.39, 0.29) is 5.91 Å². The SMILES string of the molecule is O=C(N[C@@H](N1CCCCC1)C(Cl)(Cl)Cl)c1cccnc1. The Hall–Kier alpha value is -0.550. The Bertz CT molecular complexity index is 444. The second-order valence-corrected chi connectivity index (χ2v) is 7.12. The van der Waals surface area contributed by atoms with Crippen molar-refractivity contribution in [1.82, 2.24) is 15.2 Å². The summed E-state index contributed by atoms with van der Waals surface area (Å²) in [6.07, 6.45) is 5.70. The molecule has 0 unspecified atom stereocenters. The number of nitrogens with zero attached hydrogens (tertiary/aromatic N) is 2. The van der Waals surface area contributed by atoms with Crippen LogP contribution in [-0.4, -0.2) is 38.8 Å². The van der Waals surface area contributed by atoms with Gasteiger partial charge >= 0.3 is 0 Å². The van der Waals surface area contributed by atoms with Gasteiger partial charge in [-0.15, -0.1) is 0 Å². The molecule has 0 bridgehead atoms. The van der Waals surface area contributed by atoms with Crippen LogP contribution in [0.1, 0.15) is 29.6 Å². The van der Waals surface area contributed by atoms with Crippen LogP contribution in [0.4, 0.5) is 0 Å². The summed E-state index contributed by atoms with van der Waals surface area (Å²) in [6, 6.07) is 3.37. The lowest BCUT2D eigenvalue weighted by atomic mass is 10.1. The molecule has 0 aromatic carbocycles. The highest BCUT2D eigenvalue weighted by molar-refractivity contribution is 6.68. The molecule has 110 valence electrons. The van der Waals surface area contributed by atoms with Crippen LogP contribution in [0.5, 0.6) is 0 Å². The third kappa shape index (κ3) is 4.22. The number of carbonyl (C=O) groups excluding carboxylic acids is 1. The summed E-state index contributed by atoms with van der Waals surface area (Å²) < 4.78 is -1.57. The average molecular weight is 337 g/mol. The minimum Gasteiger partial charge on any atom is -0.332 e. The largest absolute Gasteiger partial charge is 0.332 e. The van der Waals surface area contributed by atoms with E-state index in [4.69, 9.17) is 34.8 Å². The standard InChI is InChI=1S/C13H16Cl3N3O/c14-13(15,16)12(19-7-2-1-3-8-19)18-11(20)10-5-4-6-17-9-10/h4-6,9,12H,1-3,7-8H2,(H,18,20)/t12-/m0/s1. The van der Waals surface area contributed by atoms with Crippen LogP contribution >= 0.6 is 34.8 Å². The molecule has 1 aromatic rings. The molecular formula is C13H16Cl3N3O. The van der Waals surface area contributed by atoms with Gasteiger partial charge in [0.25, 0.3) is 5.91 Å². The molecule has 1 aliphatic rings. The number of hydrogen-bond acceptors (Lipinski definition) is 3. The number of amides is 1. The highest BCUT2D eigenvalue weighted by Crippen LogP contribution is 2.33. The van der Waals surface area contributed by atoms with Crippen molar-refractivity contribution in [2.45, 2.75) is 29.2 Å². The van der Waals surface area contributed by atoms with Crippen molar-refractivity contribution < 1.29 is 4.79 Å². The fourth-order valence-electron chi connectivity index (χ4n) is 2.26. The molecule has 0 radical (unpaired) electrons. The lowest BCUT2D eigenvalue weighted by molar-refractivity contribution is 0.0819. The lowest BCUT2D eigenvalue weighted by Crippen LogP contribution is -2.56. The van der Waals surface area contributed by atoms with Gasteiger partial charge in [-0.25, -0.2) is 0 Å². The zero-order valence-corrected chi connectivity index (χ0v) is 13.1. The predicted molar refractivity (Wildman–Crippen MR) is 81.2 cm³/mol. The number of nitrogens with one attached hydrogen (secondary N) is 1. The number of likely N-dealkylation sites (tertiary alicyclic amines) is 1. The topological polar surface area (TPSA) is 45.2 Å². The van der Waals surface area contributed by atoms with Gasteiger partial charge in [0.15, 0.2) is 0 Å². The Labute approximate surface area is 133 Å². The van der Waals surface area contributed by atoms with E-state index in [0.29, 0.717) is 5.56 Å². The molecular weight excluding hydrogens is 321 g/mol. The fourth-order valence-corrected chi connectivity index (χ4v) is 2.84. The number of pyridine rings is 1. The molecule has 1 aromatic heterocycles. The molecule has 1 amide bonds. The minimum atomic E-state index is -1.57. The number of rotatable bonds is 3. The molecule has 0 aliphatic carbocycles. The van der Waals surface area contributed by atoms with Gasteiger partial charge in [0.05, 0.1) is 5.56 Å². The first kappa shape index (κ1) is 15.8. The van der Waals surface area contributed by atoms with Gasteiger partial charge in [0.1, 0.15) is 6.17 Å². The minimum absolute atomic E-state index is 0.292. The normalized spacial score (nSPS) is 18.6. The Morgan fingerprint density at radius 3 is 2.55 bits per heavy atom. The zero-order chi connectivity index (χ0) is 14.6. The zero-order valence-electron chi connectivity index (χ0n) is 10.9. The molecule has 1 fully saturated rings. The van der Waals surface area contributed by atoms with Gasteiger partial charge in [-0.05, 0) is 25.0 Å². The number of alkyl halides is 3. The van der Waals surface area contributed by atoms with E-state index < -0.39 is 9.96 Å². The van der Waals surface area contributed by atoms with Crippen molar-refractivity contribution in [1.29, 1.82) is 0 Å². The van der Waals surface area contributed by atoms with Gasteiger partial charge in [-0.3, -0.25) is 14.7 Å². The van der Waals surface area contributed by atoms with Crippen molar-refractivity contribution in [2.75, 3.05) is 13.1 Å². The summed E-state index contributed by atoms with van der Waals surface area (Å²) in [5.74, 6) is -0.292. The van der Waals surface area contributed by atoms with Gasteiger partial charge in [0.2, 0.25) is 3.79 Å². The van der Waals surface area contributed by atoms with Crippen molar-refractivity contribution in [2.24, 2.45) is 0 Å². The van der Waals surface area contributed by atoms with Gasteiger partial charge < -0.3 is 5.32 Å². The highest BCUT2D eigenvalue weighted by atomic mass is 35.6. The van der Waals surface area contributed by atoms with Crippen LogP contribution in [-0.2, 0) is 0 Å². The van der Waals surface area contributed by atoms with Crippen molar-refractivity contribution >= 4 is 40.7 Å². The summed E-state index contributed by atoms with van der Waals surface area (Å²) >= 11 is 18.1. The number of aromatic nitrogens is 1. The Morgan fingerprint density at radius 1 is 1.30 bits per heavy atom. The smallest absolute Gasteiger partial charge is 0.254 e. The molecule has 7 heteroatoms. The van der Waals surface area contributed by atoms with Crippen molar-refractivity contribution in [3.8, 4) is 0 Å². The molecule has 2 rings (SSSR count). The molecule has 4 nitrogen and oxygen atoms in total. The van der Waals surface area contributed by atoms with E-state index in [9.17, 15) is 4.79 Å². The fraction of sp³-hybridized carbons (Fsp3) is 0.538. The molecule has 20 heavy (non-hydrogen) atoms. The Morgan fingerprint density at radius 2 is 2.00 bits per heavy atom. The van der Waals surface area contributed by atoms with E-state index in [2.05, 4.69) is 10.3 Å². The lowest BCUT2D eigenvalue weighted by Gasteiger charge is -2.38. The van der Waals surface area contributed by atoms with E-state index in [1.807, 2.05) is 4.90 Å². The summed E-state index contributed by atoms with van der Waals surface area (Å²) in [5.41, 5.74) is 0.448. The quantitative estimate of drug-likeness (QED) is 0.863. The number of hydrogen-bond donors (Lipinski definition) is 1. The van der Waals surface area contributed by atoms with Crippen LogP contribution < -0.4 is 5.32 Å². The Balaban J connectivity index is 2.10. The second kappa shape index (κ2) is 6.94. The van der Waals surface area contributed by atoms with Gasteiger partial charge in [-0.1, -0.05) is 41.2 Å². The second-order valence-electron chi connectivity index (χ2n) is 4.76. The summed E-state index contributed by atoms with van der Waals surface area (Å²) in [5, 5.41) is 2.79. The number of halogens is 3. The third-order valence-electron chi connectivity index (χ3n) is 3.26. The predicted octanol–water partition coefficient (Wildman–Crippen LogP) is 2.99. The molecule has 1 saturated heterocycles. The van der Waals surface area contributed by atoms with Crippen molar-refractivity contribution in [3.05, 3.63) is 30.1 Å². The van der Waals surface area contributed by atoms with Crippen LogP contribution in [0.15, 0.2) is 24.5 Å². The third-order valence-corrected chi connectivity index (χ3v) is 3.88. The van der Waals surface area contributed by atoms with E-state index in [1.165, 1.54) is 12.6 Å². The number of piperidine rings is 1. The molecule has 2 heterocycles. The van der Waals surface area contributed by atoms with E-state index in [1.54, 1.807) is 18.3 Å². The Kier molecular flexibility index (Phi) is 5.49. The maximum atomic E-state index is 12.2. The highest BCUT2D eigenvalue weighted by Gasteiger charge is 2.38.